The molecule has 1 aromatic rings. The maximum Gasteiger partial charge on any atom is 0.192 e. The van der Waals surface area contributed by atoms with E-state index in [1.165, 1.54) is 11.3 Å². The van der Waals surface area contributed by atoms with Crippen LogP contribution in [0.15, 0.2) is 5.38 Å². The van der Waals surface area contributed by atoms with E-state index < -0.39 is 8.32 Å². The summed E-state index contributed by atoms with van der Waals surface area (Å²) in [5.41, 5.74) is 0.858. The molecule has 0 saturated heterocycles. The quantitative estimate of drug-likeness (QED) is 0.612. The van der Waals surface area contributed by atoms with Crippen molar-refractivity contribution in [2.75, 3.05) is 0 Å². The van der Waals surface area contributed by atoms with Crippen molar-refractivity contribution in [3.8, 4) is 0 Å². The van der Waals surface area contributed by atoms with Crippen LogP contribution in [0.25, 0.3) is 0 Å². The lowest BCUT2D eigenvalue weighted by Gasteiger charge is -2.35. The molecule has 1 aromatic heterocycles. The summed E-state index contributed by atoms with van der Waals surface area (Å²) in [6, 6.07) is 0. The minimum absolute atomic E-state index is 0.205. The molecule has 0 N–H and O–H groups in total. The van der Waals surface area contributed by atoms with Crippen molar-refractivity contribution in [1.82, 2.24) is 4.98 Å². The fourth-order valence-corrected chi connectivity index (χ4v) is 2.46. The number of thiazole rings is 1. The van der Waals surface area contributed by atoms with Gasteiger partial charge < -0.3 is 4.43 Å². The van der Waals surface area contributed by atoms with Crippen molar-refractivity contribution in [3.63, 3.8) is 0 Å². The standard InChI is InChI=1S/C11H19NO2SSi/c1-11(2,3)16(4,5)14-7-9-8-15-10(6-13)12-9/h6,8H,7H2,1-5H3. The highest BCUT2D eigenvalue weighted by atomic mass is 32.1. The van der Waals surface area contributed by atoms with Crippen LogP contribution in [-0.2, 0) is 11.0 Å². The number of nitrogens with zero attached hydrogens (tertiary/aromatic N) is 1. The van der Waals surface area contributed by atoms with Gasteiger partial charge in [-0.1, -0.05) is 20.8 Å². The highest BCUT2D eigenvalue weighted by Crippen LogP contribution is 2.37. The van der Waals surface area contributed by atoms with E-state index in [4.69, 9.17) is 4.43 Å². The molecular weight excluding hydrogens is 238 g/mol. The molecule has 0 aliphatic carbocycles. The van der Waals surface area contributed by atoms with Gasteiger partial charge >= 0.3 is 0 Å². The van der Waals surface area contributed by atoms with E-state index in [-0.39, 0.29) is 5.04 Å². The number of carbonyl (C=O) groups excluding carboxylic acids is 1. The Balaban J connectivity index is 2.61. The summed E-state index contributed by atoms with van der Waals surface area (Å²) in [5.74, 6) is 0. The normalized spacial score (nSPS) is 12.8. The molecule has 0 aliphatic rings. The number of aldehydes is 1. The third kappa shape index (κ3) is 3.23. The van der Waals surface area contributed by atoms with Gasteiger partial charge in [0.05, 0.1) is 12.3 Å². The predicted octanol–water partition coefficient (Wildman–Crippen LogP) is 3.48. The van der Waals surface area contributed by atoms with Gasteiger partial charge in [-0.2, -0.15) is 0 Å². The summed E-state index contributed by atoms with van der Waals surface area (Å²) >= 11 is 1.36. The van der Waals surface area contributed by atoms with E-state index in [0.717, 1.165) is 12.0 Å². The van der Waals surface area contributed by atoms with Crippen LogP contribution in [0.5, 0.6) is 0 Å². The van der Waals surface area contributed by atoms with Gasteiger partial charge in [-0.25, -0.2) is 4.98 Å². The van der Waals surface area contributed by atoms with Gasteiger partial charge in [-0.15, -0.1) is 11.3 Å². The lowest BCUT2D eigenvalue weighted by molar-refractivity contribution is 0.112. The zero-order valence-corrected chi connectivity index (χ0v) is 12.4. The zero-order valence-electron chi connectivity index (χ0n) is 10.5. The molecule has 0 saturated carbocycles. The average Bonchev–Trinajstić information content (AvgIpc) is 2.60. The summed E-state index contributed by atoms with van der Waals surface area (Å²) < 4.78 is 6.00. The SMILES string of the molecule is CC(C)(C)[Si](C)(C)OCc1csc(C=O)n1. The summed E-state index contributed by atoms with van der Waals surface area (Å²) in [6.07, 6.45) is 0.778. The Bertz CT molecular complexity index is 368. The van der Waals surface area contributed by atoms with Crippen LogP contribution >= 0.6 is 11.3 Å². The third-order valence-corrected chi connectivity index (χ3v) is 8.35. The number of rotatable bonds is 4. The molecule has 1 heterocycles. The number of hydrogen-bond donors (Lipinski definition) is 0. The van der Waals surface area contributed by atoms with Crippen molar-refractivity contribution in [1.29, 1.82) is 0 Å². The molecule has 0 aromatic carbocycles. The molecular formula is C11H19NO2SSi. The van der Waals surface area contributed by atoms with Crippen LogP contribution in [0.1, 0.15) is 36.3 Å². The number of aromatic nitrogens is 1. The van der Waals surface area contributed by atoms with E-state index in [9.17, 15) is 4.79 Å². The van der Waals surface area contributed by atoms with E-state index in [1.54, 1.807) is 0 Å². The first-order valence-corrected chi connectivity index (χ1v) is 9.08. The first-order valence-electron chi connectivity index (χ1n) is 5.30. The zero-order chi connectivity index (χ0) is 12.4. The molecule has 90 valence electrons. The Labute approximate surface area is 102 Å². The van der Waals surface area contributed by atoms with Crippen LogP contribution in [-0.4, -0.2) is 19.6 Å². The largest absolute Gasteiger partial charge is 0.411 e. The Kier molecular flexibility index (Phi) is 4.04. The van der Waals surface area contributed by atoms with Crippen molar-refractivity contribution >= 4 is 25.9 Å². The Morgan fingerprint density at radius 2 is 2.12 bits per heavy atom. The van der Waals surface area contributed by atoms with Gasteiger partial charge in [0, 0.05) is 5.38 Å². The molecule has 0 fully saturated rings. The summed E-state index contributed by atoms with van der Waals surface area (Å²) in [7, 11) is -1.71. The minimum atomic E-state index is -1.71. The number of carbonyl (C=O) groups is 1. The molecule has 3 nitrogen and oxygen atoms in total. The van der Waals surface area contributed by atoms with E-state index in [0.29, 0.717) is 11.6 Å². The molecule has 0 unspecified atom stereocenters. The fraction of sp³-hybridized carbons (Fsp3) is 0.636. The molecule has 0 bridgehead atoms. The number of hydrogen-bond acceptors (Lipinski definition) is 4. The van der Waals surface area contributed by atoms with Crippen molar-refractivity contribution in [3.05, 3.63) is 16.1 Å². The summed E-state index contributed by atoms with van der Waals surface area (Å²) in [5, 5.41) is 2.61. The van der Waals surface area contributed by atoms with Gasteiger partial charge in [0.25, 0.3) is 0 Å². The monoisotopic (exact) mass is 257 g/mol. The second-order valence-electron chi connectivity index (χ2n) is 5.34. The minimum Gasteiger partial charge on any atom is -0.411 e. The molecule has 0 amide bonds. The molecule has 5 heteroatoms. The average molecular weight is 257 g/mol. The van der Waals surface area contributed by atoms with E-state index in [1.807, 2.05) is 5.38 Å². The molecule has 0 aliphatic heterocycles. The third-order valence-electron chi connectivity index (χ3n) is 3.06. The summed E-state index contributed by atoms with van der Waals surface area (Å²) in [4.78, 5) is 14.7. The summed E-state index contributed by atoms with van der Waals surface area (Å²) in [6.45, 7) is 11.5. The maximum absolute atomic E-state index is 10.5. The Hall–Kier alpha value is -0.523. The van der Waals surface area contributed by atoms with E-state index >= 15 is 0 Å². The van der Waals surface area contributed by atoms with Gasteiger partial charge in [-0.3, -0.25) is 4.79 Å². The van der Waals surface area contributed by atoms with Crippen molar-refractivity contribution in [2.24, 2.45) is 0 Å². The van der Waals surface area contributed by atoms with Crippen LogP contribution in [0.4, 0.5) is 0 Å². The smallest absolute Gasteiger partial charge is 0.192 e. The highest BCUT2D eigenvalue weighted by Gasteiger charge is 2.37. The molecule has 16 heavy (non-hydrogen) atoms. The maximum atomic E-state index is 10.5. The molecule has 0 radical (unpaired) electrons. The van der Waals surface area contributed by atoms with E-state index in [2.05, 4.69) is 38.8 Å². The first-order chi connectivity index (χ1) is 7.26. The van der Waals surface area contributed by atoms with Crippen molar-refractivity contribution in [2.45, 2.75) is 45.5 Å². The fourth-order valence-electron chi connectivity index (χ4n) is 0.914. The highest BCUT2D eigenvalue weighted by molar-refractivity contribution is 7.11. The van der Waals surface area contributed by atoms with Gasteiger partial charge in [0.2, 0.25) is 0 Å². The molecule has 1 rings (SSSR count). The topological polar surface area (TPSA) is 39.2 Å². The van der Waals surface area contributed by atoms with Crippen LogP contribution < -0.4 is 0 Å². The lowest BCUT2D eigenvalue weighted by atomic mass is 10.2. The van der Waals surface area contributed by atoms with Gasteiger partial charge in [0.1, 0.15) is 0 Å². The Morgan fingerprint density at radius 3 is 2.56 bits per heavy atom. The lowest BCUT2D eigenvalue weighted by Crippen LogP contribution is -2.40. The molecule has 0 atom stereocenters. The Morgan fingerprint density at radius 1 is 1.50 bits per heavy atom. The predicted molar refractivity (Wildman–Crippen MR) is 69.5 cm³/mol. The van der Waals surface area contributed by atoms with Gasteiger partial charge in [0.15, 0.2) is 19.6 Å². The second kappa shape index (κ2) is 4.77. The second-order valence-corrected chi connectivity index (χ2v) is 11.0. The molecule has 0 spiro atoms. The van der Waals surface area contributed by atoms with Gasteiger partial charge in [-0.05, 0) is 18.1 Å². The first kappa shape index (κ1) is 13.5. The van der Waals surface area contributed by atoms with Crippen molar-refractivity contribution < 1.29 is 9.22 Å². The van der Waals surface area contributed by atoms with Crippen LogP contribution in [0, 0.1) is 0 Å². The van der Waals surface area contributed by atoms with Crippen LogP contribution in [0.2, 0.25) is 18.1 Å². The van der Waals surface area contributed by atoms with Crippen LogP contribution in [0.3, 0.4) is 0 Å².